The molecule has 234 valence electrons. The van der Waals surface area contributed by atoms with Crippen LogP contribution >= 0.6 is 11.3 Å². The number of carboxylic acids is 1. The van der Waals surface area contributed by atoms with Crippen LogP contribution in [0, 0.1) is 23.5 Å². The Morgan fingerprint density at radius 3 is 2.35 bits per heavy atom. The second-order valence-corrected chi connectivity index (χ2v) is 12.3. The number of thiazole rings is 1. The predicted octanol–water partition coefficient (Wildman–Crippen LogP) is 5.81. The van der Waals surface area contributed by atoms with Gasteiger partial charge in [-0.15, -0.1) is 11.3 Å². The van der Waals surface area contributed by atoms with Crippen molar-refractivity contribution in [1.29, 1.82) is 0 Å². The molecule has 12 heteroatoms. The van der Waals surface area contributed by atoms with Crippen molar-refractivity contribution in [2.24, 2.45) is 11.8 Å². The summed E-state index contributed by atoms with van der Waals surface area (Å²) in [6, 6.07) is 2.23. The van der Waals surface area contributed by atoms with Crippen LogP contribution in [0.3, 0.4) is 0 Å². The summed E-state index contributed by atoms with van der Waals surface area (Å²) in [5, 5.41) is 14.0. The van der Waals surface area contributed by atoms with Gasteiger partial charge in [-0.2, -0.15) is 0 Å². The van der Waals surface area contributed by atoms with Crippen LogP contribution in [0.2, 0.25) is 0 Å². The third-order valence-corrected chi connectivity index (χ3v) is 8.27. The van der Waals surface area contributed by atoms with Crippen LogP contribution in [-0.2, 0) is 25.5 Å². The summed E-state index contributed by atoms with van der Waals surface area (Å²) < 4.78 is 33.1. The summed E-state index contributed by atoms with van der Waals surface area (Å²) in [4.78, 5) is 55.6. The van der Waals surface area contributed by atoms with Crippen LogP contribution in [0.1, 0.15) is 93.4 Å². The third kappa shape index (κ3) is 10.5. The zero-order valence-corrected chi connectivity index (χ0v) is 25.9. The number of nitrogens with zero attached hydrogens (tertiary/aromatic N) is 2. The number of amides is 2. The van der Waals surface area contributed by atoms with E-state index in [1.165, 1.54) is 19.2 Å². The van der Waals surface area contributed by atoms with Gasteiger partial charge in [0.05, 0.1) is 5.92 Å². The molecule has 1 heterocycles. The molecule has 2 N–H and O–H groups in total. The molecule has 1 aliphatic rings. The van der Waals surface area contributed by atoms with Gasteiger partial charge >= 0.3 is 11.9 Å². The van der Waals surface area contributed by atoms with Crippen LogP contribution in [0.4, 0.5) is 8.78 Å². The molecule has 1 aromatic heterocycles. The molecule has 0 bridgehead atoms. The maximum atomic E-state index is 13.8. The first-order valence-corrected chi connectivity index (χ1v) is 15.2. The highest BCUT2D eigenvalue weighted by atomic mass is 32.1. The first kappa shape index (κ1) is 33.8. The highest BCUT2D eigenvalue weighted by molar-refractivity contribution is 7.09. The summed E-state index contributed by atoms with van der Waals surface area (Å²) in [5.74, 6) is -4.04. The summed E-state index contributed by atoms with van der Waals surface area (Å²) in [6.45, 7) is 6.49. The second-order valence-electron chi connectivity index (χ2n) is 11.4. The number of carboxylic acid groups (broad SMARTS) is 1. The normalized spacial score (nSPS) is 14.8. The van der Waals surface area contributed by atoms with E-state index in [-0.39, 0.29) is 36.4 Å². The van der Waals surface area contributed by atoms with Crippen molar-refractivity contribution in [3.05, 3.63) is 62.7 Å². The topological polar surface area (TPSA) is 126 Å². The van der Waals surface area contributed by atoms with Crippen molar-refractivity contribution in [2.75, 3.05) is 7.05 Å². The van der Waals surface area contributed by atoms with Crippen molar-refractivity contribution < 1.29 is 37.8 Å². The highest BCUT2D eigenvalue weighted by Crippen LogP contribution is 2.35. The molecule has 0 aliphatic heterocycles. The second kappa shape index (κ2) is 15.2. The Hall–Kier alpha value is -3.67. The molecule has 0 spiro atoms. The molecule has 1 fully saturated rings. The van der Waals surface area contributed by atoms with Crippen LogP contribution in [0.25, 0.3) is 0 Å². The lowest BCUT2D eigenvalue weighted by Crippen LogP contribution is -2.39. The molecule has 1 saturated carbocycles. The van der Waals surface area contributed by atoms with E-state index in [1.54, 1.807) is 11.9 Å². The van der Waals surface area contributed by atoms with Gasteiger partial charge < -0.3 is 20.1 Å². The van der Waals surface area contributed by atoms with E-state index in [2.05, 4.69) is 10.3 Å². The molecule has 1 aliphatic carbocycles. The Balaban J connectivity index is 1.78. The summed E-state index contributed by atoms with van der Waals surface area (Å²) in [6.07, 6.45) is 2.91. The molecule has 3 atom stereocenters. The maximum absolute atomic E-state index is 13.8. The number of benzene rings is 1. The fraction of sp³-hybridized carbons (Fsp3) is 0.516. The van der Waals surface area contributed by atoms with Gasteiger partial charge in [0.1, 0.15) is 22.3 Å². The number of aromatic nitrogens is 1. The molecular formula is C31H39F2N3O6S. The molecule has 1 aromatic carbocycles. The van der Waals surface area contributed by atoms with E-state index >= 15 is 0 Å². The van der Waals surface area contributed by atoms with Gasteiger partial charge in [-0.1, -0.05) is 25.3 Å². The fourth-order valence-corrected chi connectivity index (χ4v) is 5.64. The first-order valence-electron chi connectivity index (χ1n) is 14.3. The van der Waals surface area contributed by atoms with Gasteiger partial charge in [-0.05, 0) is 56.7 Å². The maximum Gasteiger partial charge on any atom is 0.306 e. The number of hydrogen-bond donors (Lipinski definition) is 2. The van der Waals surface area contributed by atoms with E-state index in [0.29, 0.717) is 23.0 Å². The summed E-state index contributed by atoms with van der Waals surface area (Å²) >= 11 is 1.11. The molecule has 0 unspecified atom stereocenters. The Morgan fingerprint density at radius 1 is 1.14 bits per heavy atom. The summed E-state index contributed by atoms with van der Waals surface area (Å²) in [7, 11) is 1.70. The van der Waals surface area contributed by atoms with E-state index < -0.39 is 47.5 Å². The zero-order valence-electron chi connectivity index (χ0n) is 25.1. The number of esters is 1. The third-order valence-electron chi connectivity index (χ3n) is 7.34. The highest BCUT2D eigenvalue weighted by Gasteiger charge is 2.28. The van der Waals surface area contributed by atoms with Gasteiger partial charge in [0.15, 0.2) is 6.10 Å². The van der Waals surface area contributed by atoms with E-state index in [0.717, 1.165) is 54.4 Å². The van der Waals surface area contributed by atoms with Gasteiger partial charge in [-0.25, -0.2) is 13.8 Å². The number of carbonyl (C=O) groups excluding carboxylic acids is 3. The minimum Gasteiger partial charge on any atom is -0.481 e. The summed E-state index contributed by atoms with van der Waals surface area (Å²) in [5.41, 5.74) is 1.85. The lowest BCUT2D eigenvalue weighted by molar-refractivity contribution is -0.147. The number of allylic oxidation sites excluding steroid dienone is 1. The SMILES string of the molecule is CC(=O)O[C@H](CC(=C(C)C)N(C)C(=O)CCC1CC1)c1nc(C(=O)N[C@@H](Cc2cc(F)cc(F)c2)C[C@H](C)C(=O)O)cs1. The average Bonchev–Trinajstić information content (AvgIpc) is 3.61. The van der Waals surface area contributed by atoms with Crippen LogP contribution < -0.4 is 5.32 Å². The molecule has 2 amide bonds. The van der Waals surface area contributed by atoms with Gasteiger partial charge in [0.25, 0.3) is 5.91 Å². The average molecular weight is 620 g/mol. The molecule has 0 radical (unpaired) electrons. The van der Waals surface area contributed by atoms with Crippen molar-refractivity contribution >= 4 is 35.1 Å². The monoisotopic (exact) mass is 619 g/mol. The van der Waals surface area contributed by atoms with Crippen molar-refractivity contribution in [3.8, 4) is 0 Å². The number of ether oxygens (including phenoxy) is 1. The molecule has 43 heavy (non-hydrogen) atoms. The largest absolute Gasteiger partial charge is 0.481 e. The number of hydrogen-bond acceptors (Lipinski definition) is 7. The quantitative estimate of drug-likeness (QED) is 0.241. The Kier molecular flexibility index (Phi) is 11.9. The lowest BCUT2D eigenvalue weighted by Gasteiger charge is -2.26. The molecule has 3 rings (SSSR count). The van der Waals surface area contributed by atoms with Crippen molar-refractivity contribution in [1.82, 2.24) is 15.2 Å². The number of nitrogens with one attached hydrogen (secondary N) is 1. The van der Waals surface area contributed by atoms with E-state index in [4.69, 9.17) is 4.74 Å². The van der Waals surface area contributed by atoms with E-state index in [9.17, 15) is 33.1 Å². The minimum absolute atomic E-state index is 0.00382. The van der Waals surface area contributed by atoms with Gasteiger partial charge in [0.2, 0.25) is 5.91 Å². The van der Waals surface area contributed by atoms with Crippen LogP contribution in [0.5, 0.6) is 0 Å². The van der Waals surface area contributed by atoms with Crippen LogP contribution in [-0.4, -0.2) is 51.8 Å². The smallest absolute Gasteiger partial charge is 0.306 e. The standard InChI is InChI=1S/C31H39F2N3O6S/c1-17(2)26(36(5)28(38)9-8-20-6-7-20)15-27(42-19(4)37)30-35-25(16-43-30)29(39)34-24(10-18(3)31(40)41)13-21-11-22(32)14-23(33)12-21/h11-12,14,16,18,20,24,27H,6-10,13,15H2,1-5H3,(H,34,39)(H,40,41)/t18-,24+,27+/m0/s1. The molecule has 0 saturated heterocycles. The molecular weight excluding hydrogens is 580 g/mol. The van der Waals surface area contributed by atoms with Gasteiger partial charge in [0, 0.05) is 50.0 Å². The first-order chi connectivity index (χ1) is 20.2. The fourth-order valence-electron chi connectivity index (χ4n) is 4.82. The Bertz CT molecular complexity index is 1350. The van der Waals surface area contributed by atoms with Crippen LogP contribution in [0.15, 0.2) is 34.8 Å². The number of rotatable bonds is 15. The number of halogens is 2. The minimum atomic E-state index is -1.07. The van der Waals surface area contributed by atoms with Crippen molar-refractivity contribution in [2.45, 2.75) is 84.8 Å². The zero-order chi connectivity index (χ0) is 31.8. The Labute approximate surface area is 254 Å². The van der Waals surface area contributed by atoms with Gasteiger partial charge in [-0.3, -0.25) is 19.2 Å². The lowest BCUT2D eigenvalue weighted by atomic mass is 9.96. The van der Waals surface area contributed by atoms with Crippen molar-refractivity contribution in [3.63, 3.8) is 0 Å². The predicted molar refractivity (Wildman–Crippen MR) is 157 cm³/mol. The molecule has 2 aromatic rings. The Morgan fingerprint density at radius 2 is 1.79 bits per heavy atom. The van der Waals surface area contributed by atoms with E-state index in [1.807, 2.05) is 13.8 Å². The number of aliphatic carboxylic acids is 1. The number of carbonyl (C=O) groups is 4. The molecule has 9 nitrogen and oxygen atoms in total.